The van der Waals surface area contributed by atoms with Gasteiger partial charge in [-0.2, -0.15) is 0 Å². The summed E-state index contributed by atoms with van der Waals surface area (Å²) in [6.07, 6.45) is 7.94. The topological polar surface area (TPSA) is 68.7 Å². The first kappa shape index (κ1) is 21.3. The predicted molar refractivity (Wildman–Crippen MR) is 117 cm³/mol. The number of fused-ring (bicyclic) bond motifs is 1. The molecule has 1 saturated carbocycles. The highest BCUT2D eigenvalue weighted by Gasteiger charge is 2.53. The van der Waals surface area contributed by atoms with Gasteiger partial charge in [0.05, 0.1) is 12.7 Å². The van der Waals surface area contributed by atoms with Crippen LogP contribution in [0.3, 0.4) is 0 Å². The molecule has 0 spiro atoms. The zero-order chi connectivity index (χ0) is 21.8. The molecule has 0 unspecified atom stereocenters. The van der Waals surface area contributed by atoms with Crippen LogP contribution >= 0.6 is 0 Å². The van der Waals surface area contributed by atoms with Gasteiger partial charge in [-0.15, -0.1) is 0 Å². The molecule has 2 aromatic rings. The van der Waals surface area contributed by atoms with Crippen molar-refractivity contribution in [3.05, 3.63) is 65.5 Å². The number of carbonyl (C=O) groups excluding carboxylic acids is 2. The summed E-state index contributed by atoms with van der Waals surface area (Å²) in [5, 5.41) is 0. The molecule has 0 bridgehead atoms. The Bertz CT molecular complexity index is 932. The van der Waals surface area contributed by atoms with E-state index in [9.17, 15) is 9.59 Å². The Hall–Kier alpha value is -2.89. The van der Waals surface area contributed by atoms with Crippen molar-refractivity contribution in [1.29, 1.82) is 0 Å². The number of esters is 1. The van der Waals surface area contributed by atoms with Crippen molar-refractivity contribution in [2.45, 2.75) is 57.1 Å². The third-order valence-electron chi connectivity index (χ3n) is 6.86. The lowest BCUT2D eigenvalue weighted by Gasteiger charge is -2.46. The first-order valence-electron chi connectivity index (χ1n) is 11.1. The van der Waals surface area contributed by atoms with Gasteiger partial charge in [0.1, 0.15) is 5.60 Å². The molecule has 1 amide bonds. The van der Waals surface area contributed by atoms with E-state index in [2.05, 4.69) is 36.2 Å². The van der Waals surface area contributed by atoms with Gasteiger partial charge in [-0.25, -0.2) is 9.59 Å². The summed E-state index contributed by atoms with van der Waals surface area (Å²) in [7, 11) is 1.42. The monoisotopic (exact) mass is 422 g/mol. The molecule has 1 aromatic carbocycles. The number of pyridine rings is 1. The average Bonchev–Trinajstić information content (AvgIpc) is 3.23. The zero-order valence-electron chi connectivity index (χ0n) is 18.3. The van der Waals surface area contributed by atoms with Crippen LogP contribution in [0, 0.1) is 12.8 Å². The number of aryl methyl sites for hydroxylation is 2. The number of aromatic nitrogens is 1. The molecule has 2 heterocycles. The van der Waals surface area contributed by atoms with Crippen LogP contribution in [-0.4, -0.2) is 47.2 Å². The molecular weight excluding hydrogens is 392 g/mol. The number of methoxy groups -OCH3 is 1. The molecule has 6 nitrogen and oxygen atoms in total. The SMILES string of the molecule is COC(=O)N1CC[C@@H]2[C@H]1CCC[C@]2(CCc1cccc(C)c1)OC(=O)c1ccncc1. The van der Waals surface area contributed by atoms with E-state index in [4.69, 9.17) is 9.47 Å². The third-order valence-corrected chi connectivity index (χ3v) is 6.86. The number of hydrogen-bond acceptors (Lipinski definition) is 5. The standard InChI is InChI=1S/C25H30N2O4/c1-18-5-3-6-19(17-18)8-13-25(31-23(28)20-9-14-26-15-10-20)12-4-7-22-21(25)11-16-27(22)24(29)30-2/h3,5-6,9-10,14-15,17,21-22H,4,7-8,11-13,16H2,1-2H3/t21-,22-,25-/m1/s1. The minimum Gasteiger partial charge on any atom is -0.455 e. The number of amides is 1. The quantitative estimate of drug-likeness (QED) is 0.661. The maximum Gasteiger partial charge on any atom is 0.409 e. The highest BCUT2D eigenvalue weighted by molar-refractivity contribution is 5.89. The van der Waals surface area contributed by atoms with Gasteiger partial charge in [0, 0.05) is 30.9 Å². The van der Waals surface area contributed by atoms with E-state index < -0.39 is 5.60 Å². The molecule has 0 radical (unpaired) electrons. The normalized spacial score (nSPS) is 25.0. The van der Waals surface area contributed by atoms with Crippen LogP contribution in [0.5, 0.6) is 0 Å². The van der Waals surface area contributed by atoms with E-state index in [0.717, 1.165) is 38.5 Å². The van der Waals surface area contributed by atoms with E-state index in [1.165, 1.54) is 18.2 Å². The van der Waals surface area contributed by atoms with Crippen LogP contribution in [0.15, 0.2) is 48.8 Å². The minimum absolute atomic E-state index is 0.0453. The van der Waals surface area contributed by atoms with E-state index in [-0.39, 0.29) is 24.0 Å². The fourth-order valence-corrected chi connectivity index (χ4v) is 5.41. The van der Waals surface area contributed by atoms with E-state index in [1.807, 2.05) is 4.90 Å². The molecule has 3 atom stereocenters. The second-order valence-electron chi connectivity index (χ2n) is 8.70. The maximum atomic E-state index is 13.1. The first-order valence-corrected chi connectivity index (χ1v) is 11.1. The molecule has 2 aliphatic rings. The second kappa shape index (κ2) is 9.08. The van der Waals surface area contributed by atoms with Gasteiger partial charge in [-0.05, 0) is 63.1 Å². The maximum absolute atomic E-state index is 13.1. The second-order valence-corrected chi connectivity index (χ2v) is 8.70. The van der Waals surface area contributed by atoms with Gasteiger partial charge >= 0.3 is 12.1 Å². The number of carbonyl (C=O) groups is 2. The summed E-state index contributed by atoms with van der Waals surface area (Å²) in [5.74, 6) is -0.209. The van der Waals surface area contributed by atoms with Crippen molar-refractivity contribution in [1.82, 2.24) is 9.88 Å². The number of likely N-dealkylation sites (tertiary alicyclic amines) is 1. The smallest absolute Gasteiger partial charge is 0.409 e. The summed E-state index contributed by atoms with van der Waals surface area (Å²) in [5.41, 5.74) is 2.37. The predicted octanol–water partition coefficient (Wildman–Crippen LogP) is 4.56. The first-order chi connectivity index (χ1) is 15.0. The summed E-state index contributed by atoms with van der Waals surface area (Å²) < 4.78 is 11.4. The van der Waals surface area contributed by atoms with Gasteiger partial charge in [-0.3, -0.25) is 4.98 Å². The minimum atomic E-state index is -0.601. The Kier molecular flexibility index (Phi) is 6.25. The highest BCUT2D eigenvalue weighted by Crippen LogP contribution is 2.47. The van der Waals surface area contributed by atoms with Crippen LogP contribution in [0.25, 0.3) is 0 Å². The molecule has 31 heavy (non-hydrogen) atoms. The Balaban J connectivity index is 1.62. The van der Waals surface area contributed by atoms with Crippen LogP contribution in [0.2, 0.25) is 0 Å². The van der Waals surface area contributed by atoms with Gasteiger partial charge in [0.25, 0.3) is 0 Å². The summed E-state index contributed by atoms with van der Waals surface area (Å²) in [6, 6.07) is 11.9. The van der Waals surface area contributed by atoms with Gasteiger partial charge in [-0.1, -0.05) is 29.8 Å². The molecule has 4 rings (SSSR count). The van der Waals surface area contributed by atoms with Crippen molar-refractivity contribution in [3.63, 3.8) is 0 Å². The summed E-state index contributed by atoms with van der Waals surface area (Å²) in [6.45, 7) is 2.73. The highest BCUT2D eigenvalue weighted by atomic mass is 16.6. The molecular formula is C25H30N2O4. The zero-order valence-corrected chi connectivity index (χ0v) is 18.3. The molecule has 0 N–H and O–H groups in total. The average molecular weight is 423 g/mol. The fourth-order valence-electron chi connectivity index (χ4n) is 5.41. The Labute approximate surface area is 183 Å². The molecule has 6 heteroatoms. The molecule has 1 aliphatic heterocycles. The third kappa shape index (κ3) is 4.43. The van der Waals surface area contributed by atoms with E-state index >= 15 is 0 Å². The summed E-state index contributed by atoms with van der Waals surface area (Å²) >= 11 is 0. The molecule has 1 aromatic heterocycles. The fraction of sp³-hybridized carbons (Fsp3) is 0.480. The van der Waals surface area contributed by atoms with Gasteiger partial charge in [0.2, 0.25) is 0 Å². The number of hydrogen-bond donors (Lipinski definition) is 0. The van der Waals surface area contributed by atoms with Crippen molar-refractivity contribution < 1.29 is 19.1 Å². The number of rotatable bonds is 5. The van der Waals surface area contributed by atoms with Gasteiger partial charge in [0.15, 0.2) is 0 Å². The largest absolute Gasteiger partial charge is 0.455 e. The molecule has 164 valence electrons. The number of nitrogens with zero attached hydrogens (tertiary/aromatic N) is 2. The number of ether oxygens (including phenoxy) is 2. The van der Waals surface area contributed by atoms with Crippen LogP contribution in [0.4, 0.5) is 4.79 Å². The van der Waals surface area contributed by atoms with Gasteiger partial charge < -0.3 is 14.4 Å². The lowest BCUT2D eigenvalue weighted by molar-refractivity contribution is -0.0847. The van der Waals surface area contributed by atoms with Crippen LogP contribution in [-0.2, 0) is 15.9 Å². The van der Waals surface area contributed by atoms with E-state index in [1.54, 1.807) is 24.5 Å². The lowest BCUT2D eigenvalue weighted by Crippen LogP contribution is -2.52. The van der Waals surface area contributed by atoms with Crippen molar-refractivity contribution in [3.8, 4) is 0 Å². The lowest BCUT2D eigenvalue weighted by atomic mass is 9.69. The van der Waals surface area contributed by atoms with Crippen LogP contribution < -0.4 is 0 Å². The van der Waals surface area contributed by atoms with Crippen molar-refractivity contribution in [2.75, 3.05) is 13.7 Å². The van der Waals surface area contributed by atoms with Crippen molar-refractivity contribution >= 4 is 12.1 Å². The van der Waals surface area contributed by atoms with E-state index in [0.29, 0.717) is 12.1 Å². The van der Waals surface area contributed by atoms with Crippen LogP contribution in [0.1, 0.15) is 53.6 Å². The molecule has 1 saturated heterocycles. The molecule has 2 fully saturated rings. The summed E-state index contributed by atoms with van der Waals surface area (Å²) in [4.78, 5) is 31.2. The Morgan fingerprint density at radius 2 is 2.00 bits per heavy atom. The molecule has 1 aliphatic carbocycles. The Morgan fingerprint density at radius 1 is 1.19 bits per heavy atom. The Morgan fingerprint density at radius 3 is 2.74 bits per heavy atom. The number of benzene rings is 1. The van der Waals surface area contributed by atoms with Crippen molar-refractivity contribution in [2.24, 2.45) is 5.92 Å².